The van der Waals surface area contributed by atoms with Gasteiger partial charge in [0.15, 0.2) is 11.5 Å². The summed E-state index contributed by atoms with van der Waals surface area (Å²) in [5.41, 5.74) is 1.14. The van der Waals surface area contributed by atoms with E-state index in [4.69, 9.17) is 14.2 Å². The van der Waals surface area contributed by atoms with Gasteiger partial charge in [0.2, 0.25) is 18.6 Å². The Bertz CT molecular complexity index is 802. The molecule has 2 aromatic rings. The van der Waals surface area contributed by atoms with Gasteiger partial charge in [0.25, 0.3) is 0 Å². The fraction of sp³-hybridized carbons (Fsp3) is 0.263. The second-order valence-corrected chi connectivity index (χ2v) is 6.03. The van der Waals surface area contributed by atoms with Crippen LogP contribution >= 0.6 is 0 Å². The average Bonchev–Trinajstić information content (AvgIpc) is 3.03. The topological polar surface area (TPSA) is 85.9 Å². The van der Waals surface area contributed by atoms with E-state index in [0.717, 1.165) is 5.75 Å². The van der Waals surface area contributed by atoms with Gasteiger partial charge >= 0.3 is 0 Å². The zero-order valence-corrected chi connectivity index (χ0v) is 14.6. The molecule has 7 heteroatoms. The quantitative estimate of drug-likeness (QED) is 0.777. The molecule has 0 saturated heterocycles. The number of hydrogen-bond acceptors (Lipinski definition) is 5. The highest BCUT2D eigenvalue weighted by atomic mass is 16.7. The van der Waals surface area contributed by atoms with E-state index in [1.807, 2.05) is 13.8 Å². The number of nitrogens with one attached hydrogen (secondary N) is 2. The Labute approximate surface area is 151 Å². The lowest BCUT2D eigenvalue weighted by atomic mass is 10.2. The Morgan fingerprint density at radius 3 is 2.27 bits per heavy atom. The standard InChI is InChI=1S/C19H20N2O5/c1-12(2)26-15-6-3-13(4-7-15)20-18(22)10-19(23)21-14-5-8-16-17(9-14)25-11-24-16/h3-9,12H,10-11H2,1-2H3,(H,20,22)(H,21,23). The maximum atomic E-state index is 12.0. The Balaban J connectivity index is 1.50. The number of benzene rings is 2. The van der Waals surface area contributed by atoms with Crippen molar-refractivity contribution in [3.8, 4) is 17.2 Å². The molecule has 0 aromatic heterocycles. The molecule has 0 unspecified atom stereocenters. The van der Waals surface area contributed by atoms with E-state index in [1.165, 1.54) is 0 Å². The highest BCUT2D eigenvalue weighted by Gasteiger charge is 2.15. The Morgan fingerprint density at radius 1 is 0.962 bits per heavy atom. The number of fused-ring (bicyclic) bond motifs is 1. The summed E-state index contributed by atoms with van der Waals surface area (Å²) >= 11 is 0. The second kappa shape index (κ2) is 7.77. The van der Waals surface area contributed by atoms with E-state index in [-0.39, 0.29) is 19.3 Å². The van der Waals surface area contributed by atoms with E-state index < -0.39 is 11.8 Å². The maximum Gasteiger partial charge on any atom is 0.233 e. The Kier molecular flexibility index (Phi) is 5.26. The lowest BCUT2D eigenvalue weighted by molar-refractivity contribution is -0.123. The minimum absolute atomic E-state index is 0.0790. The molecule has 2 N–H and O–H groups in total. The Morgan fingerprint density at radius 2 is 1.58 bits per heavy atom. The summed E-state index contributed by atoms with van der Waals surface area (Å²) in [7, 11) is 0. The second-order valence-electron chi connectivity index (χ2n) is 6.03. The number of hydrogen-bond donors (Lipinski definition) is 2. The van der Waals surface area contributed by atoms with Gasteiger partial charge in [0, 0.05) is 17.4 Å². The molecule has 0 bridgehead atoms. The predicted molar refractivity (Wildman–Crippen MR) is 96.6 cm³/mol. The number of anilines is 2. The molecule has 2 aromatic carbocycles. The smallest absolute Gasteiger partial charge is 0.233 e. The van der Waals surface area contributed by atoms with Crippen LogP contribution in [0.2, 0.25) is 0 Å². The first-order chi connectivity index (χ1) is 12.5. The van der Waals surface area contributed by atoms with Gasteiger partial charge < -0.3 is 24.8 Å². The van der Waals surface area contributed by atoms with Crippen molar-refractivity contribution in [3.63, 3.8) is 0 Å². The summed E-state index contributed by atoms with van der Waals surface area (Å²) in [5.74, 6) is 1.10. The van der Waals surface area contributed by atoms with Gasteiger partial charge in [-0.2, -0.15) is 0 Å². The number of rotatable bonds is 6. The third kappa shape index (κ3) is 4.66. The van der Waals surface area contributed by atoms with Crippen molar-refractivity contribution in [1.82, 2.24) is 0 Å². The molecule has 0 radical (unpaired) electrons. The summed E-state index contributed by atoms with van der Waals surface area (Å²) in [4.78, 5) is 24.0. The minimum atomic E-state index is -0.416. The number of ether oxygens (including phenoxy) is 3. The van der Waals surface area contributed by atoms with Gasteiger partial charge in [-0.15, -0.1) is 0 Å². The highest BCUT2D eigenvalue weighted by molar-refractivity contribution is 6.08. The molecule has 136 valence electrons. The summed E-state index contributed by atoms with van der Waals surface area (Å²) in [6.45, 7) is 4.04. The van der Waals surface area contributed by atoms with Gasteiger partial charge in [-0.1, -0.05) is 0 Å². The monoisotopic (exact) mass is 356 g/mol. The summed E-state index contributed by atoms with van der Waals surface area (Å²) < 4.78 is 16.0. The third-order valence-corrected chi connectivity index (χ3v) is 3.49. The normalized spacial score (nSPS) is 12.0. The van der Waals surface area contributed by atoms with E-state index in [2.05, 4.69) is 10.6 Å². The Hall–Kier alpha value is -3.22. The van der Waals surface area contributed by atoms with Crippen LogP contribution in [-0.4, -0.2) is 24.7 Å². The van der Waals surface area contributed by atoms with Crippen LogP contribution in [0.1, 0.15) is 20.3 Å². The van der Waals surface area contributed by atoms with Crippen molar-refractivity contribution in [1.29, 1.82) is 0 Å². The van der Waals surface area contributed by atoms with Gasteiger partial charge in [-0.25, -0.2) is 0 Å². The van der Waals surface area contributed by atoms with E-state index in [9.17, 15) is 9.59 Å². The van der Waals surface area contributed by atoms with Gasteiger partial charge in [0.05, 0.1) is 6.10 Å². The predicted octanol–water partition coefficient (Wildman–Crippen LogP) is 3.17. The summed E-state index contributed by atoms with van der Waals surface area (Å²) in [6, 6.07) is 12.0. The first-order valence-corrected chi connectivity index (χ1v) is 8.25. The molecule has 2 amide bonds. The van der Waals surface area contributed by atoms with Crippen LogP contribution in [0.15, 0.2) is 42.5 Å². The molecular weight excluding hydrogens is 336 g/mol. The van der Waals surface area contributed by atoms with Crippen LogP contribution < -0.4 is 24.8 Å². The SMILES string of the molecule is CC(C)Oc1ccc(NC(=O)CC(=O)Nc2ccc3c(c2)OCO3)cc1. The van der Waals surface area contributed by atoms with Crippen LogP contribution in [0.4, 0.5) is 11.4 Å². The van der Waals surface area contributed by atoms with Crippen LogP contribution in [0.3, 0.4) is 0 Å². The lowest BCUT2D eigenvalue weighted by Crippen LogP contribution is -2.21. The highest BCUT2D eigenvalue weighted by Crippen LogP contribution is 2.34. The third-order valence-electron chi connectivity index (χ3n) is 3.49. The first-order valence-electron chi connectivity index (χ1n) is 8.25. The van der Waals surface area contributed by atoms with Crippen molar-refractivity contribution >= 4 is 23.2 Å². The molecule has 0 saturated carbocycles. The minimum Gasteiger partial charge on any atom is -0.491 e. The van der Waals surface area contributed by atoms with Crippen LogP contribution in [0.5, 0.6) is 17.2 Å². The number of amides is 2. The zero-order valence-electron chi connectivity index (χ0n) is 14.6. The van der Waals surface area contributed by atoms with Crippen LogP contribution in [0, 0.1) is 0 Å². The molecule has 7 nitrogen and oxygen atoms in total. The first kappa shape index (κ1) is 17.6. The molecule has 1 aliphatic heterocycles. The van der Waals surface area contributed by atoms with E-state index >= 15 is 0 Å². The molecule has 1 aliphatic rings. The molecule has 3 rings (SSSR count). The van der Waals surface area contributed by atoms with Crippen LogP contribution in [0.25, 0.3) is 0 Å². The van der Waals surface area contributed by atoms with Gasteiger partial charge in [-0.05, 0) is 50.2 Å². The van der Waals surface area contributed by atoms with Crippen LogP contribution in [-0.2, 0) is 9.59 Å². The average molecular weight is 356 g/mol. The lowest BCUT2D eigenvalue weighted by Gasteiger charge is -2.11. The van der Waals surface area contributed by atoms with Crippen molar-refractivity contribution in [2.75, 3.05) is 17.4 Å². The van der Waals surface area contributed by atoms with E-state index in [1.54, 1.807) is 42.5 Å². The molecule has 0 atom stereocenters. The molecule has 0 spiro atoms. The van der Waals surface area contributed by atoms with Crippen molar-refractivity contribution < 1.29 is 23.8 Å². The molecule has 0 fully saturated rings. The number of carbonyl (C=O) groups excluding carboxylic acids is 2. The molecule has 1 heterocycles. The summed E-state index contributed by atoms with van der Waals surface area (Å²) in [5, 5.41) is 5.34. The zero-order chi connectivity index (χ0) is 18.5. The van der Waals surface area contributed by atoms with Crippen molar-refractivity contribution in [2.45, 2.75) is 26.4 Å². The summed E-state index contributed by atoms with van der Waals surface area (Å²) in [6.07, 6.45) is -0.214. The van der Waals surface area contributed by atoms with Crippen molar-refractivity contribution in [3.05, 3.63) is 42.5 Å². The number of carbonyl (C=O) groups is 2. The molecular formula is C19H20N2O5. The fourth-order valence-electron chi connectivity index (χ4n) is 2.42. The maximum absolute atomic E-state index is 12.0. The van der Waals surface area contributed by atoms with Crippen molar-refractivity contribution in [2.24, 2.45) is 0 Å². The van der Waals surface area contributed by atoms with E-state index in [0.29, 0.717) is 22.9 Å². The molecule has 26 heavy (non-hydrogen) atoms. The van der Waals surface area contributed by atoms with Gasteiger partial charge in [-0.3, -0.25) is 9.59 Å². The fourth-order valence-corrected chi connectivity index (χ4v) is 2.42. The largest absolute Gasteiger partial charge is 0.491 e. The molecule has 0 aliphatic carbocycles. The van der Waals surface area contributed by atoms with Gasteiger partial charge in [0.1, 0.15) is 12.2 Å².